The highest BCUT2D eigenvalue weighted by Crippen LogP contribution is 2.31. The smallest absolute Gasteiger partial charge is 0.242 e. The van der Waals surface area contributed by atoms with Crippen LogP contribution in [0.4, 0.5) is 5.69 Å². The number of carbonyl (C=O) groups is 1. The van der Waals surface area contributed by atoms with Crippen LogP contribution in [0.1, 0.15) is 44.0 Å². The van der Waals surface area contributed by atoms with E-state index in [0.29, 0.717) is 11.6 Å². The summed E-state index contributed by atoms with van der Waals surface area (Å²) in [4.78, 5) is 12.3. The highest BCUT2D eigenvalue weighted by molar-refractivity contribution is 5.77. The Morgan fingerprint density at radius 2 is 2.10 bits per heavy atom. The fourth-order valence-corrected chi connectivity index (χ4v) is 2.97. The van der Waals surface area contributed by atoms with Crippen LogP contribution in [-0.2, 0) is 11.3 Å². The van der Waals surface area contributed by atoms with Crippen molar-refractivity contribution in [1.29, 1.82) is 0 Å². The van der Waals surface area contributed by atoms with E-state index >= 15 is 0 Å². The van der Waals surface area contributed by atoms with Gasteiger partial charge >= 0.3 is 0 Å². The Bertz CT molecular complexity index is 516. The number of nitrogen functional groups attached to an aromatic ring is 1. The van der Waals surface area contributed by atoms with E-state index in [2.05, 4.69) is 17.3 Å². The van der Waals surface area contributed by atoms with Crippen LogP contribution in [0.2, 0.25) is 0 Å². The number of hydrogen-bond donors (Lipinski definition) is 3. The maximum Gasteiger partial charge on any atom is 0.242 e. The van der Waals surface area contributed by atoms with Crippen LogP contribution in [0.5, 0.6) is 0 Å². The highest BCUT2D eigenvalue weighted by Gasteiger charge is 2.35. The highest BCUT2D eigenvalue weighted by atomic mass is 16.3. The number of aliphatic hydroxyl groups excluding tert-OH is 1. The molecule has 21 heavy (non-hydrogen) atoms. The first kappa shape index (κ1) is 15.8. The lowest BCUT2D eigenvalue weighted by atomic mass is 9.77. The van der Waals surface area contributed by atoms with E-state index in [-0.39, 0.29) is 19.1 Å². The van der Waals surface area contributed by atoms with E-state index in [1.54, 1.807) is 4.68 Å². The molecule has 1 aliphatic rings. The van der Waals surface area contributed by atoms with Gasteiger partial charge in [0.15, 0.2) is 0 Å². The van der Waals surface area contributed by atoms with Gasteiger partial charge in [0.25, 0.3) is 0 Å². The Labute approximate surface area is 125 Å². The molecule has 6 heteroatoms. The Morgan fingerprint density at radius 3 is 2.57 bits per heavy atom. The van der Waals surface area contributed by atoms with Crippen molar-refractivity contribution in [2.75, 3.05) is 12.3 Å². The Morgan fingerprint density at radius 1 is 1.48 bits per heavy atom. The summed E-state index contributed by atoms with van der Waals surface area (Å²) < 4.78 is 1.62. The van der Waals surface area contributed by atoms with Gasteiger partial charge in [-0.3, -0.25) is 9.48 Å². The number of nitrogens with one attached hydrogen (secondary N) is 1. The molecular formula is C15H26N4O2. The third-order valence-corrected chi connectivity index (χ3v) is 4.67. The van der Waals surface area contributed by atoms with E-state index < -0.39 is 5.54 Å². The van der Waals surface area contributed by atoms with Gasteiger partial charge in [0.2, 0.25) is 5.91 Å². The van der Waals surface area contributed by atoms with Crippen LogP contribution < -0.4 is 11.1 Å². The first-order chi connectivity index (χ1) is 9.87. The SMILES string of the molecule is Cc1nn(CC(=O)NC2(CO)CCC(C)CC2)c(C)c1N. The van der Waals surface area contributed by atoms with Gasteiger partial charge in [-0.2, -0.15) is 5.10 Å². The monoisotopic (exact) mass is 294 g/mol. The zero-order chi connectivity index (χ0) is 15.6. The van der Waals surface area contributed by atoms with Crippen LogP contribution in [0, 0.1) is 19.8 Å². The summed E-state index contributed by atoms with van der Waals surface area (Å²) in [5, 5.41) is 17.0. The van der Waals surface area contributed by atoms with Crippen molar-refractivity contribution in [3.05, 3.63) is 11.4 Å². The summed E-state index contributed by atoms with van der Waals surface area (Å²) in [6.07, 6.45) is 3.73. The lowest BCUT2D eigenvalue weighted by Gasteiger charge is -2.38. The first-order valence-electron chi connectivity index (χ1n) is 7.58. The predicted molar refractivity (Wildman–Crippen MR) is 81.7 cm³/mol. The largest absolute Gasteiger partial charge is 0.396 e. The molecule has 0 aromatic carbocycles. The summed E-state index contributed by atoms with van der Waals surface area (Å²) in [6.45, 7) is 6.02. The minimum Gasteiger partial charge on any atom is -0.396 e. The molecule has 1 heterocycles. The van der Waals surface area contributed by atoms with Crippen LogP contribution in [0.25, 0.3) is 0 Å². The zero-order valence-corrected chi connectivity index (χ0v) is 13.1. The molecule has 0 saturated heterocycles. The second kappa shape index (κ2) is 6.05. The number of aliphatic hydroxyl groups is 1. The molecular weight excluding hydrogens is 268 g/mol. The summed E-state index contributed by atoms with van der Waals surface area (Å²) in [6, 6.07) is 0. The van der Waals surface area contributed by atoms with Crippen molar-refractivity contribution in [3.8, 4) is 0 Å². The summed E-state index contributed by atoms with van der Waals surface area (Å²) in [7, 11) is 0. The number of hydrogen-bond acceptors (Lipinski definition) is 4. The number of carbonyl (C=O) groups excluding carboxylic acids is 1. The van der Waals surface area contributed by atoms with E-state index in [4.69, 9.17) is 5.73 Å². The van der Waals surface area contributed by atoms with Crippen molar-refractivity contribution in [1.82, 2.24) is 15.1 Å². The minimum absolute atomic E-state index is 0.00921. The molecule has 1 aromatic rings. The fourth-order valence-electron chi connectivity index (χ4n) is 2.97. The number of aromatic nitrogens is 2. The van der Waals surface area contributed by atoms with Crippen molar-refractivity contribution in [3.63, 3.8) is 0 Å². The van der Waals surface area contributed by atoms with E-state index in [1.807, 2.05) is 13.8 Å². The third-order valence-electron chi connectivity index (χ3n) is 4.67. The number of amides is 1. The maximum absolute atomic E-state index is 12.3. The van der Waals surface area contributed by atoms with E-state index in [0.717, 1.165) is 37.1 Å². The molecule has 2 rings (SSSR count). The van der Waals surface area contributed by atoms with Gasteiger partial charge in [-0.1, -0.05) is 6.92 Å². The zero-order valence-electron chi connectivity index (χ0n) is 13.1. The molecule has 6 nitrogen and oxygen atoms in total. The molecule has 0 bridgehead atoms. The number of nitrogens with zero attached hydrogens (tertiary/aromatic N) is 2. The van der Waals surface area contributed by atoms with Crippen LogP contribution >= 0.6 is 0 Å². The van der Waals surface area contributed by atoms with Crippen LogP contribution in [0.15, 0.2) is 0 Å². The number of rotatable bonds is 4. The standard InChI is InChI=1S/C15H26N4O2/c1-10-4-6-15(9-20,7-5-10)17-13(21)8-19-12(3)14(16)11(2)18-19/h10,20H,4-9,16H2,1-3H3,(H,17,21). The molecule has 1 aliphatic carbocycles. The average Bonchev–Trinajstić information content (AvgIpc) is 2.69. The van der Waals surface area contributed by atoms with Gasteiger partial charge < -0.3 is 16.2 Å². The van der Waals surface area contributed by atoms with E-state index in [9.17, 15) is 9.90 Å². The predicted octanol–water partition coefficient (Wildman–Crippen LogP) is 1.14. The lowest BCUT2D eigenvalue weighted by Crippen LogP contribution is -2.54. The molecule has 0 spiro atoms. The number of aryl methyl sites for hydroxylation is 1. The Kier molecular flexibility index (Phi) is 4.56. The number of nitrogens with two attached hydrogens (primary N) is 1. The molecule has 1 amide bonds. The quantitative estimate of drug-likeness (QED) is 0.776. The van der Waals surface area contributed by atoms with Crippen molar-refractivity contribution < 1.29 is 9.90 Å². The molecule has 0 atom stereocenters. The number of anilines is 1. The van der Waals surface area contributed by atoms with Gasteiger partial charge in [-0.05, 0) is 45.4 Å². The van der Waals surface area contributed by atoms with Gasteiger partial charge in [0, 0.05) is 0 Å². The Hall–Kier alpha value is -1.56. The minimum atomic E-state index is -0.467. The molecule has 1 saturated carbocycles. The lowest BCUT2D eigenvalue weighted by molar-refractivity contribution is -0.125. The topological polar surface area (TPSA) is 93.2 Å². The second-order valence-corrected chi connectivity index (χ2v) is 6.41. The molecule has 0 unspecified atom stereocenters. The molecule has 1 aromatic heterocycles. The van der Waals surface area contributed by atoms with Gasteiger partial charge in [-0.25, -0.2) is 0 Å². The second-order valence-electron chi connectivity index (χ2n) is 6.41. The van der Waals surface area contributed by atoms with Crippen LogP contribution in [0.3, 0.4) is 0 Å². The van der Waals surface area contributed by atoms with Gasteiger partial charge in [-0.15, -0.1) is 0 Å². The first-order valence-corrected chi connectivity index (χ1v) is 7.58. The van der Waals surface area contributed by atoms with Gasteiger partial charge in [0.1, 0.15) is 6.54 Å². The molecule has 0 radical (unpaired) electrons. The Balaban J connectivity index is 2.01. The van der Waals surface area contributed by atoms with Crippen molar-refractivity contribution in [2.45, 2.75) is 58.5 Å². The summed E-state index contributed by atoms with van der Waals surface area (Å²) >= 11 is 0. The molecule has 0 aliphatic heterocycles. The average molecular weight is 294 g/mol. The van der Waals surface area contributed by atoms with Crippen LogP contribution in [-0.4, -0.2) is 32.9 Å². The molecule has 1 fully saturated rings. The van der Waals surface area contributed by atoms with Crippen molar-refractivity contribution >= 4 is 11.6 Å². The third kappa shape index (κ3) is 3.37. The summed E-state index contributed by atoms with van der Waals surface area (Å²) in [5.41, 5.74) is 7.58. The molecule has 118 valence electrons. The summed E-state index contributed by atoms with van der Waals surface area (Å²) in [5.74, 6) is 0.543. The van der Waals surface area contributed by atoms with Gasteiger partial charge in [0.05, 0.1) is 29.2 Å². The van der Waals surface area contributed by atoms with Crippen molar-refractivity contribution in [2.24, 2.45) is 5.92 Å². The normalized spacial score (nSPS) is 25.8. The van der Waals surface area contributed by atoms with E-state index in [1.165, 1.54) is 0 Å². The molecule has 4 N–H and O–H groups in total. The fraction of sp³-hybridized carbons (Fsp3) is 0.733. The maximum atomic E-state index is 12.3.